The standard InChI is InChI=1S/C18H18BrN5O/c1-11-4-3-5-12(2)15(11)21-18(25)16-17(20)24(23-22-16)10-13-6-8-14(19)9-7-13/h3-9H,10,20H2,1-2H3,(H,21,25). The largest absolute Gasteiger partial charge is 0.382 e. The van der Waals surface area contributed by atoms with Crippen LogP contribution in [-0.4, -0.2) is 20.9 Å². The Bertz CT molecular complexity index is 897. The van der Waals surface area contributed by atoms with Crippen molar-refractivity contribution in [3.05, 3.63) is 69.3 Å². The molecule has 1 aromatic heterocycles. The van der Waals surface area contributed by atoms with Gasteiger partial charge in [-0.25, -0.2) is 4.68 Å². The fourth-order valence-corrected chi connectivity index (χ4v) is 2.81. The van der Waals surface area contributed by atoms with Gasteiger partial charge in [0.25, 0.3) is 5.91 Å². The van der Waals surface area contributed by atoms with Crippen LogP contribution in [0, 0.1) is 13.8 Å². The van der Waals surface area contributed by atoms with E-state index < -0.39 is 0 Å². The number of carbonyl (C=O) groups excluding carboxylic acids is 1. The van der Waals surface area contributed by atoms with E-state index >= 15 is 0 Å². The van der Waals surface area contributed by atoms with Gasteiger partial charge in [0, 0.05) is 10.2 Å². The second-order valence-electron chi connectivity index (χ2n) is 5.83. The lowest BCUT2D eigenvalue weighted by Gasteiger charge is -2.10. The summed E-state index contributed by atoms with van der Waals surface area (Å²) in [6.45, 7) is 4.33. The van der Waals surface area contributed by atoms with Gasteiger partial charge < -0.3 is 11.1 Å². The van der Waals surface area contributed by atoms with Crippen LogP contribution in [0.25, 0.3) is 0 Å². The first kappa shape index (κ1) is 17.2. The molecule has 0 aliphatic rings. The van der Waals surface area contributed by atoms with Gasteiger partial charge in [0.2, 0.25) is 0 Å². The van der Waals surface area contributed by atoms with Crippen molar-refractivity contribution in [1.29, 1.82) is 0 Å². The normalized spacial score (nSPS) is 10.7. The van der Waals surface area contributed by atoms with E-state index in [1.807, 2.05) is 56.3 Å². The summed E-state index contributed by atoms with van der Waals surface area (Å²) in [4.78, 5) is 12.5. The van der Waals surface area contributed by atoms with E-state index in [4.69, 9.17) is 5.73 Å². The first-order chi connectivity index (χ1) is 12.0. The molecule has 0 aliphatic carbocycles. The molecule has 25 heavy (non-hydrogen) atoms. The van der Waals surface area contributed by atoms with Gasteiger partial charge in [-0.15, -0.1) is 5.10 Å². The van der Waals surface area contributed by atoms with Crippen molar-refractivity contribution in [1.82, 2.24) is 15.0 Å². The van der Waals surface area contributed by atoms with Gasteiger partial charge in [-0.05, 0) is 42.7 Å². The SMILES string of the molecule is Cc1cccc(C)c1NC(=O)c1nnn(Cc2ccc(Br)cc2)c1N. The van der Waals surface area contributed by atoms with Gasteiger partial charge in [-0.1, -0.05) is 51.5 Å². The summed E-state index contributed by atoms with van der Waals surface area (Å²) in [5.74, 6) is -0.122. The average Bonchev–Trinajstić information content (AvgIpc) is 2.94. The molecule has 0 aliphatic heterocycles. The monoisotopic (exact) mass is 399 g/mol. The predicted molar refractivity (Wildman–Crippen MR) is 102 cm³/mol. The Balaban J connectivity index is 1.80. The Morgan fingerprint density at radius 2 is 1.80 bits per heavy atom. The Labute approximate surface area is 154 Å². The molecule has 3 N–H and O–H groups in total. The number of halogens is 1. The van der Waals surface area contributed by atoms with Crippen LogP contribution in [0.4, 0.5) is 11.5 Å². The molecule has 0 saturated heterocycles. The zero-order chi connectivity index (χ0) is 18.0. The molecule has 3 aromatic rings. The number of nitrogens with one attached hydrogen (secondary N) is 1. The number of carbonyl (C=O) groups is 1. The van der Waals surface area contributed by atoms with E-state index in [0.29, 0.717) is 6.54 Å². The Kier molecular flexibility index (Phi) is 4.85. The highest BCUT2D eigenvalue weighted by Gasteiger charge is 2.19. The number of hydrogen-bond acceptors (Lipinski definition) is 4. The highest BCUT2D eigenvalue weighted by Crippen LogP contribution is 2.21. The fraction of sp³-hybridized carbons (Fsp3) is 0.167. The molecule has 1 heterocycles. The van der Waals surface area contributed by atoms with Crippen molar-refractivity contribution in [3.63, 3.8) is 0 Å². The number of nitrogen functional groups attached to an aromatic ring is 1. The van der Waals surface area contributed by atoms with Crippen LogP contribution >= 0.6 is 15.9 Å². The molecule has 1 amide bonds. The van der Waals surface area contributed by atoms with Crippen LogP contribution in [0.3, 0.4) is 0 Å². The molecular weight excluding hydrogens is 382 g/mol. The lowest BCUT2D eigenvalue weighted by atomic mass is 10.1. The van der Waals surface area contributed by atoms with Gasteiger partial charge in [-0.3, -0.25) is 4.79 Å². The molecular formula is C18H18BrN5O. The maximum Gasteiger partial charge on any atom is 0.280 e. The van der Waals surface area contributed by atoms with E-state index in [0.717, 1.165) is 26.9 Å². The van der Waals surface area contributed by atoms with Crippen molar-refractivity contribution in [2.45, 2.75) is 20.4 Å². The molecule has 0 bridgehead atoms. The summed E-state index contributed by atoms with van der Waals surface area (Å²) in [7, 11) is 0. The zero-order valence-corrected chi connectivity index (χ0v) is 15.5. The van der Waals surface area contributed by atoms with Crippen molar-refractivity contribution < 1.29 is 4.79 Å². The molecule has 0 radical (unpaired) electrons. The van der Waals surface area contributed by atoms with E-state index in [2.05, 4.69) is 31.6 Å². The molecule has 0 spiro atoms. The maximum absolute atomic E-state index is 12.5. The minimum atomic E-state index is -0.364. The van der Waals surface area contributed by atoms with Crippen molar-refractivity contribution in [2.24, 2.45) is 0 Å². The smallest absolute Gasteiger partial charge is 0.280 e. The number of para-hydroxylation sites is 1. The maximum atomic E-state index is 12.5. The molecule has 0 saturated carbocycles. The van der Waals surface area contributed by atoms with Crippen LogP contribution in [0.15, 0.2) is 46.9 Å². The first-order valence-corrected chi connectivity index (χ1v) is 8.56. The minimum Gasteiger partial charge on any atom is -0.382 e. The first-order valence-electron chi connectivity index (χ1n) is 7.76. The summed E-state index contributed by atoms with van der Waals surface area (Å²) in [5, 5.41) is 10.8. The molecule has 0 fully saturated rings. The molecule has 7 heteroatoms. The quantitative estimate of drug-likeness (QED) is 0.702. The number of rotatable bonds is 4. The van der Waals surface area contributed by atoms with E-state index in [1.165, 1.54) is 4.68 Å². The lowest BCUT2D eigenvalue weighted by molar-refractivity contribution is 0.102. The van der Waals surface area contributed by atoms with E-state index in [9.17, 15) is 4.79 Å². The third kappa shape index (κ3) is 3.71. The lowest BCUT2D eigenvalue weighted by Crippen LogP contribution is -2.16. The number of anilines is 2. The number of amides is 1. The molecule has 3 rings (SSSR count). The molecule has 0 unspecified atom stereocenters. The Hall–Kier alpha value is -2.67. The van der Waals surface area contributed by atoms with Gasteiger partial charge in [0.1, 0.15) is 0 Å². The van der Waals surface area contributed by atoms with Crippen LogP contribution in [-0.2, 0) is 6.54 Å². The summed E-state index contributed by atoms with van der Waals surface area (Å²) in [5.41, 5.74) is 9.95. The van der Waals surface area contributed by atoms with Crippen LogP contribution < -0.4 is 11.1 Å². The van der Waals surface area contributed by atoms with Gasteiger partial charge >= 0.3 is 0 Å². The Morgan fingerprint density at radius 1 is 1.16 bits per heavy atom. The van der Waals surface area contributed by atoms with Crippen LogP contribution in [0.5, 0.6) is 0 Å². The number of aryl methyl sites for hydroxylation is 2. The van der Waals surface area contributed by atoms with E-state index in [1.54, 1.807) is 0 Å². The van der Waals surface area contributed by atoms with Gasteiger partial charge in [-0.2, -0.15) is 0 Å². The number of benzene rings is 2. The van der Waals surface area contributed by atoms with Crippen LogP contribution in [0.2, 0.25) is 0 Å². The third-order valence-corrected chi connectivity index (χ3v) is 4.48. The van der Waals surface area contributed by atoms with Crippen molar-refractivity contribution in [3.8, 4) is 0 Å². The number of aromatic nitrogens is 3. The second-order valence-corrected chi connectivity index (χ2v) is 6.74. The second kappa shape index (κ2) is 7.06. The zero-order valence-electron chi connectivity index (χ0n) is 14.0. The van der Waals surface area contributed by atoms with Gasteiger partial charge in [0.05, 0.1) is 6.54 Å². The summed E-state index contributed by atoms with van der Waals surface area (Å²) in [6, 6.07) is 13.6. The van der Waals surface area contributed by atoms with Crippen LogP contribution in [0.1, 0.15) is 27.2 Å². The highest BCUT2D eigenvalue weighted by atomic mass is 79.9. The summed E-state index contributed by atoms with van der Waals surface area (Å²) in [6.07, 6.45) is 0. The number of nitrogens with two attached hydrogens (primary N) is 1. The average molecular weight is 400 g/mol. The summed E-state index contributed by atoms with van der Waals surface area (Å²) < 4.78 is 2.51. The van der Waals surface area contributed by atoms with Gasteiger partial charge in [0.15, 0.2) is 11.5 Å². The molecule has 2 aromatic carbocycles. The third-order valence-electron chi connectivity index (χ3n) is 3.95. The molecule has 128 valence electrons. The summed E-state index contributed by atoms with van der Waals surface area (Å²) >= 11 is 3.40. The minimum absolute atomic E-state index is 0.125. The molecule has 6 nitrogen and oxygen atoms in total. The van der Waals surface area contributed by atoms with Crippen molar-refractivity contribution in [2.75, 3.05) is 11.1 Å². The fourth-order valence-electron chi connectivity index (χ4n) is 2.55. The van der Waals surface area contributed by atoms with Crippen molar-refractivity contribution >= 4 is 33.3 Å². The highest BCUT2D eigenvalue weighted by molar-refractivity contribution is 9.10. The molecule has 0 atom stereocenters. The topological polar surface area (TPSA) is 85.8 Å². The predicted octanol–water partition coefficient (Wildman–Crippen LogP) is 3.54. The Morgan fingerprint density at radius 3 is 2.44 bits per heavy atom. The van der Waals surface area contributed by atoms with E-state index in [-0.39, 0.29) is 17.4 Å². The number of hydrogen-bond donors (Lipinski definition) is 2. The number of nitrogens with zero attached hydrogens (tertiary/aromatic N) is 3.